The molecule has 0 unspecified atom stereocenters. The summed E-state index contributed by atoms with van der Waals surface area (Å²) in [6.45, 7) is 13.9. The third-order valence-corrected chi connectivity index (χ3v) is 6.38. The van der Waals surface area contributed by atoms with Crippen LogP contribution in [0.25, 0.3) is 5.70 Å². The number of hydroxylamine groups is 2. The van der Waals surface area contributed by atoms with Crippen molar-refractivity contribution < 1.29 is 4.84 Å². The summed E-state index contributed by atoms with van der Waals surface area (Å²) in [4.78, 5) is 8.48. The molecule has 0 saturated carbocycles. The van der Waals surface area contributed by atoms with E-state index in [2.05, 4.69) is 90.3 Å². The average Bonchev–Trinajstić information content (AvgIpc) is 3.65. The summed E-state index contributed by atoms with van der Waals surface area (Å²) in [5, 5.41) is 4.96. The Morgan fingerprint density at radius 3 is 2.14 bits per heavy atom. The second-order valence-electron chi connectivity index (χ2n) is 9.53. The molecule has 5 heteroatoms. The molecule has 0 atom stereocenters. The van der Waals surface area contributed by atoms with Gasteiger partial charge in [0.1, 0.15) is 5.75 Å². The molecule has 2 fully saturated rings. The first-order valence-corrected chi connectivity index (χ1v) is 14.2. The van der Waals surface area contributed by atoms with Gasteiger partial charge in [-0.3, -0.25) is 0 Å². The molecule has 0 bridgehead atoms. The number of likely N-dealkylation sites (tertiary alicyclic amines) is 1. The van der Waals surface area contributed by atoms with Gasteiger partial charge in [-0.1, -0.05) is 56.3 Å². The van der Waals surface area contributed by atoms with Crippen molar-refractivity contribution in [3.8, 4) is 5.75 Å². The quantitative estimate of drug-likeness (QED) is 0.373. The third kappa shape index (κ3) is 11.5. The largest absolute Gasteiger partial charge is 0.406 e. The molecule has 3 N–H and O–H groups in total. The van der Waals surface area contributed by atoms with Crippen LogP contribution in [0.5, 0.6) is 5.75 Å². The number of likely N-dealkylation sites (N-methyl/N-ethyl adjacent to an activating group) is 1. The topological polar surface area (TPSA) is 53.8 Å². The van der Waals surface area contributed by atoms with Crippen molar-refractivity contribution in [1.82, 2.24) is 15.3 Å². The van der Waals surface area contributed by atoms with Crippen LogP contribution in [0.1, 0.15) is 69.1 Å². The lowest BCUT2D eigenvalue weighted by Gasteiger charge is -2.22. The van der Waals surface area contributed by atoms with E-state index in [0.717, 1.165) is 51.2 Å². The maximum Gasteiger partial charge on any atom is 0.147 e. The molecular weight excluding hydrogens is 456 g/mol. The van der Waals surface area contributed by atoms with Gasteiger partial charge in [0.25, 0.3) is 0 Å². The fourth-order valence-electron chi connectivity index (χ4n) is 4.40. The summed E-state index contributed by atoms with van der Waals surface area (Å²) in [5.41, 5.74) is 10.5. The first kappa shape index (κ1) is 30.6. The Hall–Kier alpha value is -2.60. The monoisotopic (exact) mass is 506 g/mol. The van der Waals surface area contributed by atoms with Crippen LogP contribution in [0.3, 0.4) is 0 Å². The molecule has 2 heterocycles. The van der Waals surface area contributed by atoms with E-state index in [9.17, 15) is 0 Å². The molecule has 2 aliphatic heterocycles. The molecule has 2 aliphatic rings. The second-order valence-corrected chi connectivity index (χ2v) is 9.53. The van der Waals surface area contributed by atoms with E-state index in [0.29, 0.717) is 0 Å². The SMILES string of the molecule is C=CCC.CC/C=C(/c1cccc(Cc2ccc(ON3CCCC3)cc2)c1)N1CCCC1.CNCCN. The van der Waals surface area contributed by atoms with Crippen LogP contribution < -0.4 is 15.9 Å². The van der Waals surface area contributed by atoms with Crippen molar-refractivity contribution in [2.24, 2.45) is 5.73 Å². The van der Waals surface area contributed by atoms with E-state index in [4.69, 9.17) is 10.6 Å². The number of hydrogen-bond donors (Lipinski definition) is 2. The second kappa shape index (κ2) is 18.6. The number of benzene rings is 2. The van der Waals surface area contributed by atoms with Crippen LogP contribution >= 0.6 is 0 Å². The minimum Gasteiger partial charge on any atom is -0.406 e. The number of rotatable bonds is 10. The zero-order valence-electron chi connectivity index (χ0n) is 23.6. The van der Waals surface area contributed by atoms with E-state index in [-0.39, 0.29) is 0 Å². The van der Waals surface area contributed by atoms with Gasteiger partial charge in [0.15, 0.2) is 0 Å². The van der Waals surface area contributed by atoms with Crippen LogP contribution in [-0.4, -0.2) is 56.3 Å². The first-order chi connectivity index (χ1) is 18.1. The van der Waals surface area contributed by atoms with Crippen LogP contribution in [0, 0.1) is 0 Å². The summed E-state index contributed by atoms with van der Waals surface area (Å²) >= 11 is 0. The lowest BCUT2D eigenvalue weighted by Crippen LogP contribution is -2.23. The summed E-state index contributed by atoms with van der Waals surface area (Å²) in [6.07, 6.45) is 12.5. The van der Waals surface area contributed by atoms with E-state index >= 15 is 0 Å². The lowest BCUT2D eigenvalue weighted by molar-refractivity contribution is -0.0346. The van der Waals surface area contributed by atoms with Crippen LogP contribution in [0.15, 0.2) is 67.3 Å². The highest BCUT2D eigenvalue weighted by Crippen LogP contribution is 2.26. The molecule has 0 amide bonds. The molecule has 2 aromatic carbocycles. The molecule has 0 aliphatic carbocycles. The predicted octanol–water partition coefficient (Wildman–Crippen LogP) is 6.26. The Balaban J connectivity index is 0.000000464. The minimum atomic E-state index is 0.733. The van der Waals surface area contributed by atoms with Gasteiger partial charge in [0.2, 0.25) is 0 Å². The van der Waals surface area contributed by atoms with Gasteiger partial charge in [-0.15, -0.1) is 11.6 Å². The van der Waals surface area contributed by atoms with Crippen LogP contribution in [-0.2, 0) is 6.42 Å². The van der Waals surface area contributed by atoms with Crippen LogP contribution in [0.2, 0.25) is 0 Å². The molecule has 2 aromatic rings. The van der Waals surface area contributed by atoms with E-state index in [1.165, 1.54) is 61.2 Å². The van der Waals surface area contributed by atoms with Gasteiger partial charge in [0.05, 0.1) is 0 Å². The maximum atomic E-state index is 5.94. The molecule has 5 nitrogen and oxygen atoms in total. The zero-order chi connectivity index (χ0) is 26.7. The predicted molar refractivity (Wildman–Crippen MR) is 160 cm³/mol. The number of allylic oxidation sites excluding steroid dienone is 2. The number of nitrogens with zero attached hydrogens (tertiary/aromatic N) is 2. The molecule has 0 spiro atoms. The Morgan fingerprint density at radius 1 is 0.946 bits per heavy atom. The Kier molecular flexibility index (Phi) is 15.4. The van der Waals surface area contributed by atoms with Crippen molar-refractivity contribution in [3.05, 3.63) is 84.0 Å². The van der Waals surface area contributed by atoms with Crippen molar-refractivity contribution in [2.45, 2.75) is 58.8 Å². The summed E-state index contributed by atoms with van der Waals surface area (Å²) in [5.74, 6) is 0.946. The van der Waals surface area contributed by atoms with Gasteiger partial charge in [-0.2, -0.15) is 0 Å². The molecule has 204 valence electrons. The summed E-state index contributed by atoms with van der Waals surface area (Å²) in [7, 11) is 1.88. The Labute approximate surface area is 226 Å². The van der Waals surface area contributed by atoms with E-state index < -0.39 is 0 Å². The highest BCUT2D eigenvalue weighted by Gasteiger charge is 2.16. The van der Waals surface area contributed by atoms with Gasteiger partial charge < -0.3 is 20.8 Å². The van der Waals surface area contributed by atoms with Crippen molar-refractivity contribution in [2.75, 3.05) is 46.3 Å². The van der Waals surface area contributed by atoms with Crippen molar-refractivity contribution >= 4 is 5.70 Å². The van der Waals surface area contributed by atoms with Crippen LogP contribution in [0.4, 0.5) is 0 Å². The normalized spacial score (nSPS) is 15.5. The first-order valence-electron chi connectivity index (χ1n) is 14.2. The molecular formula is C32H50N4O. The van der Waals surface area contributed by atoms with Gasteiger partial charge in [-0.05, 0) is 86.9 Å². The molecule has 0 aromatic heterocycles. The van der Waals surface area contributed by atoms with Crippen molar-refractivity contribution in [1.29, 1.82) is 0 Å². The Morgan fingerprint density at radius 2 is 1.59 bits per heavy atom. The third-order valence-electron chi connectivity index (χ3n) is 6.38. The standard InChI is InChI=1S/C25H32N2O.C4H8.C3H10N2/c1-2-8-25(26-15-3-4-16-26)23-10-7-9-22(20-23)19-21-11-13-24(14-12-21)28-27-17-5-6-18-27;1-3-4-2;1-5-3-2-4/h7-14,20H,2-6,15-19H2,1H3;3H,1,4H2,2H3;5H,2-4H2,1H3/b25-8-;;. The van der Waals surface area contributed by atoms with Gasteiger partial charge in [0, 0.05) is 45.0 Å². The fourth-order valence-corrected chi connectivity index (χ4v) is 4.40. The maximum absolute atomic E-state index is 5.94. The number of nitrogens with two attached hydrogens (primary N) is 1. The smallest absolute Gasteiger partial charge is 0.147 e. The lowest BCUT2D eigenvalue weighted by atomic mass is 10.0. The van der Waals surface area contributed by atoms with Gasteiger partial charge in [-0.25, -0.2) is 0 Å². The van der Waals surface area contributed by atoms with Crippen molar-refractivity contribution in [3.63, 3.8) is 0 Å². The average molecular weight is 507 g/mol. The highest BCUT2D eigenvalue weighted by atomic mass is 16.7. The summed E-state index contributed by atoms with van der Waals surface area (Å²) < 4.78 is 0. The molecule has 2 saturated heterocycles. The number of nitrogens with one attached hydrogen (secondary N) is 1. The molecule has 4 rings (SSSR count). The zero-order valence-corrected chi connectivity index (χ0v) is 23.6. The molecule has 0 radical (unpaired) electrons. The minimum absolute atomic E-state index is 0.733. The van der Waals surface area contributed by atoms with Gasteiger partial charge >= 0.3 is 0 Å². The number of hydrogen-bond acceptors (Lipinski definition) is 5. The van der Waals surface area contributed by atoms with E-state index in [1.807, 2.05) is 13.1 Å². The highest BCUT2D eigenvalue weighted by molar-refractivity contribution is 5.65. The summed E-state index contributed by atoms with van der Waals surface area (Å²) in [6, 6.07) is 17.7. The fraction of sp³-hybridized carbons (Fsp3) is 0.500. The Bertz CT molecular complexity index is 895. The van der Waals surface area contributed by atoms with E-state index in [1.54, 1.807) is 0 Å². The molecule has 37 heavy (non-hydrogen) atoms.